The molecule has 0 spiro atoms. The van der Waals surface area contributed by atoms with Gasteiger partial charge in [-0.2, -0.15) is 5.10 Å². The zero-order valence-corrected chi connectivity index (χ0v) is 18.9. The molecule has 5 nitrogen and oxygen atoms in total. The van der Waals surface area contributed by atoms with E-state index < -0.39 is 0 Å². The number of hydrazine groups is 1. The molecule has 30 heavy (non-hydrogen) atoms. The molecule has 2 aliphatic rings. The number of nitrogens with one attached hydrogen (secondary N) is 1. The summed E-state index contributed by atoms with van der Waals surface area (Å²) in [5.74, 6) is 0.927. The maximum atomic E-state index is 6.55. The Kier molecular flexibility index (Phi) is 6.56. The highest BCUT2D eigenvalue weighted by molar-refractivity contribution is 7.82. The molecule has 4 rings (SSSR count). The van der Waals surface area contributed by atoms with E-state index in [0.717, 1.165) is 35.8 Å². The second-order valence-corrected chi connectivity index (χ2v) is 8.59. The maximum Gasteiger partial charge on any atom is 0.137 e. The molecule has 158 valence electrons. The Bertz CT molecular complexity index is 927. The first-order chi connectivity index (χ1) is 14.6. The fourth-order valence-electron chi connectivity index (χ4n) is 4.16. The van der Waals surface area contributed by atoms with Crippen molar-refractivity contribution in [2.24, 2.45) is 11.0 Å². The molecule has 0 amide bonds. The first-order valence-electron chi connectivity index (χ1n) is 10.4. The Morgan fingerprint density at radius 3 is 2.47 bits per heavy atom. The Hall–Kier alpha value is -2.15. The Morgan fingerprint density at radius 2 is 1.80 bits per heavy atom. The summed E-state index contributed by atoms with van der Waals surface area (Å²) < 4.78 is 5.33. The Labute approximate surface area is 188 Å². The smallest absolute Gasteiger partial charge is 0.137 e. The van der Waals surface area contributed by atoms with E-state index in [1.165, 1.54) is 19.3 Å². The lowest BCUT2D eigenvalue weighted by Crippen LogP contribution is -2.47. The molecule has 2 atom stereocenters. The lowest BCUT2D eigenvalue weighted by molar-refractivity contribution is 0.197. The molecule has 2 heterocycles. The first-order valence-corrected chi connectivity index (χ1v) is 11.2. The largest absolute Gasteiger partial charge is 0.497 e. The summed E-state index contributed by atoms with van der Waals surface area (Å²) >= 11 is 12.3. The minimum Gasteiger partial charge on any atom is -0.497 e. The van der Waals surface area contributed by atoms with Crippen molar-refractivity contribution in [3.63, 3.8) is 0 Å². The number of rotatable bonds is 5. The fraction of sp³-hybridized carbons (Fsp3) is 0.391. The van der Waals surface area contributed by atoms with Gasteiger partial charge in [-0.1, -0.05) is 61.4 Å². The molecule has 0 radical (unpaired) electrons. The van der Waals surface area contributed by atoms with Gasteiger partial charge in [-0.05, 0) is 42.7 Å². The van der Waals surface area contributed by atoms with Gasteiger partial charge in [0.1, 0.15) is 16.4 Å². The van der Waals surface area contributed by atoms with Crippen LogP contribution in [0.4, 0.5) is 5.69 Å². The first kappa shape index (κ1) is 21.1. The highest BCUT2D eigenvalue weighted by Crippen LogP contribution is 2.42. The van der Waals surface area contributed by atoms with E-state index in [1.54, 1.807) is 7.11 Å². The summed E-state index contributed by atoms with van der Waals surface area (Å²) in [6.45, 7) is 4.20. The van der Waals surface area contributed by atoms with E-state index in [4.69, 9.17) is 33.7 Å². The molecule has 2 aliphatic heterocycles. The summed E-state index contributed by atoms with van der Waals surface area (Å²) in [6.07, 6.45) is 3.66. The van der Waals surface area contributed by atoms with Crippen molar-refractivity contribution in [2.75, 3.05) is 25.2 Å². The average molecular weight is 443 g/mol. The van der Waals surface area contributed by atoms with Gasteiger partial charge in [-0.15, -0.1) is 0 Å². The number of nitrogens with zero attached hydrogens (tertiary/aromatic N) is 3. The number of piperidine rings is 1. The summed E-state index contributed by atoms with van der Waals surface area (Å²) in [5, 5.41) is 9.86. The van der Waals surface area contributed by atoms with Crippen LogP contribution in [0.15, 0.2) is 53.6 Å². The molecule has 1 saturated heterocycles. The van der Waals surface area contributed by atoms with Gasteiger partial charge in [0.05, 0.1) is 23.9 Å². The van der Waals surface area contributed by atoms with E-state index in [-0.39, 0.29) is 12.0 Å². The molecule has 2 aromatic carbocycles. The van der Waals surface area contributed by atoms with Crippen molar-refractivity contribution in [3.05, 3.63) is 59.1 Å². The van der Waals surface area contributed by atoms with E-state index >= 15 is 0 Å². The van der Waals surface area contributed by atoms with Gasteiger partial charge < -0.3 is 10.2 Å². The van der Waals surface area contributed by atoms with Gasteiger partial charge >= 0.3 is 0 Å². The number of hydrogen-bond donors (Lipinski definition) is 1. The normalized spacial score (nSPS) is 22.0. The van der Waals surface area contributed by atoms with Crippen LogP contribution in [-0.2, 0) is 0 Å². The Morgan fingerprint density at radius 1 is 1.10 bits per heavy atom. The van der Waals surface area contributed by atoms with Gasteiger partial charge in [0.2, 0.25) is 0 Å². The van der Waals surface area contributed by atoms with Gasteiger partial charge in [0.15, 0.2) is 0 Å². The van der Waals surface area contributed by atoms with Crippen molar-refractivity contribution >= 4 is 40.2 Å². The number of hydrazone groups is 1. The summed E-state index contributed by atoms with van der Waals surface area (Å²) in [5.41, 5.74) is 6.33. The van der Waals surface area contributed by atoms with Crippen LogP contribution in [0.1, 0.15) is 37.8 Å². The second kappa shape index (κ2) is 9.33. The van der Waals surface area contributed by atoms with Crippen LogP contribution >= 0.6 is 23.8 Å². The average Bonchev–Trinajstić information content (AvgIpc) is 3.12. The van der Waals surface area contributed by atoms with Gasteiger partial charge in [-0.25, -0.2) is 5.01 Å². The molecule has 2 aromatic rings. The molecule has 0 aliphatic carbocycles. The predicted octanol–water partition coefficient (Wildman–Crippen LogP) is 5.22. The summed E-state index contributed by atoms with van der Waals surface area (Å²) in [6, 6.07) is 15.9. The monoisotopic (exact) mass is 442 g/mol. The standard InChI is InChI=1S/C23H27ClN4OS/c1-16-21(23(30)26-27-14-6-3-7-15-27)25-28(20-9-5-4-8-19(20)24)22(16)17-10-12-18(29-2)13-11-17/h4-5,8-13,16,22H,3,6-7,14-15H2,1-2H3,(H,26,30)/t16-,22+/m0/s1. The molecular formula is C23H27ClN4OS. The number of benzene rings is 2. The number of anilines is 1. The third-order valence-electron chi connectivity index (χ3n) is 5.79. The van der Waals surface area contributed by atoms with Crippen LogP contribution in [0, 0.1) is 5.92 Å². The quantitative estimate of drug-likeness (QED) is 0.643. The minimum absolute atomic E-state index is 0.00749. The minimum atomic E-state index is -0.00749. The number of methoxy groups -OCH3 is 1. The SMILES string of the molecule is COc1ccc([C@H]2[C@@H](C)C(C(=S)NN3CCCCC3)=NN2c2ccccc2Cl)cc1. The highest BCUT2D eigenvalue weighted by Gasteiger charge is 2.39. The molecule has 0 aromatic heterocycles. The number of thiocarbonyl (C=S) groups is 1. The van der Waals surface area contributed by atoms with Crippen LogP contribution in [0.5, 0.6) is 5.75 Å². The Balaban J connectivity index is 1.66. The molecule has 1 fully saturated rings. The van der Waals surface area contributed by atoms with Crippen molar-refractivity contribution in [3.8, 4) is 5.75 Å². The van der Waals surface area contributed by atoms with Crippen LogP contribution in [0.2, 0.25) is 5.02 Å². The molecule has 1 N–H and O–H groups in total. The molecule has 0 unspecified atom stereocenters. The van der Waals surface area contributed by atoms with Gasteiger partial charge in [0.25, 0.3) is 0 Å². The number of halogens is 1. The lowest BCUT2D eigenvalue weighted by atomic mass is 9.91. The van der Waals surface area contributed by atoms with E-state index in [0.29, 0.717) is 10.0 Å². The summed E-state index contributed by atoms with van der Waals surface area (Å²) in [7, 11) is 1.68. The topological polar surface area (TPSA) is 40.1 Å². The van der Waals surface area contributed by atoms with E-state index in [9.17, 15) is 0 Å². The fourth-order valence-corrected chi connectivity index (χ4v) is 4.74. The molecular weight excluding hydrogens is 416 g/mol. The van der Waals surface area contributed by atoms with Gasteiger partial charge in [-0.3, -0.25) is 5.01 Å². The molecule has 7 heteroatoms. The third kappa shape index (κ3) is 4.31. The van der Waals surface area contributed by atoms with Crippen LogP contribution < -0.4 is 15.2 Å². The molecule has 0 bridgehead atoms. The van der Waals surface area contributed by atoms with Crippen LogP contribution in [0.25, 0.3) is 0 Å². The van der Waals surface area contributed by atoms with Gasteiger partial charge in [0, 0.05) is 19.0 Å². The predicted molar refractivity (Wildman–Crippen MR) is 127 cm³/mol. The second-order valence-electron chi connectivity index (χ2n) is 7.78. The number of ether oxygens (including phenoxy) is 1. The lowest BCUT2D eigenvalue weighted by Gasteiger charge is -2.29. The number of para-hydroxylation sites is 1. The zero-order chi connectivity index (χ0) is 21.1. The number of hydrogen-bond acceptors (Lipinski definition) is 5. The molecule has 0 saturated carbocycles. The van der Waals surface area contributed by atoms with E-state index in [1.807, 2.05) is 41.4 Å². The highest BCUT2D eigenvalue weighted by atomic mass is 35.5. The van der Waals surface area contributed by atoms with E-state index in [2.05, 4.69) is 29.5 Å². The van der Waals surface area contributed by atoms with Crippen molar-refractivity contribution < 1.29 is 4.74 Å². The summed E-state index contributed by atoms with van der Waals surface area (Å²) in [4.78, 5) is 0.692. The third-order valence-corrected chi connectivity index (χ3v) is 6.41. The van der Waals surface area contributed by atoms with Crippen LogP contribution in [-0.4, -0.2) is 35.9 Å². The zero-order valence-electron chi connectivity index (χ0n) is 17.3. The van der Waals surface area contributed by atoms with Crippen molar-refractivity contribution in [1.29, 1.82) is 0 Å². The van der Waals surface area contributed by atoms with Crippen molar-refractivity contribution in [1.82, 2.24) is 10.4 Å². The maximum absolute atomic E-state index is 6.55. The van der Waals surface area contributed by atoms with Crippen molar-refractivity contribution in [2.45, 2.75) is 32.2 Å². The van der Waals surface area contributed by atoms with Crippen LogP contribution in [0.3, 0.4) is 0 Å².